The van der Waals surface area contributed by atoms with Crippen molar-refractivity contribution in [3.63, 3.8) is 0 Å². The van der Waals surface area contributed by atoms with Gasteiger partial charge in [-0.05, 0) is 48.5 Å². The SMILES string of the molecule is CC.CSC(C)CCOc1ncc(C(N)C2CC2)c2cc(Cl)ncc12. The van der Waals surface area contributed by atoms with Crippen molar-refractivity contribution in [3.05, 3.63) is 29.2 Å². The van der Waals surface area contributed by atoms with E-state index in [9.17, 15) is 0 Å². The molecule has 2 aromatic heterocycles. The maximum absolute atomic E-state index is 6.38. The Labute approximate surface area is 159 Å². The van der Waals surface area contributed by atoms with Crippen LogP contribution in [-0.2, 0) is 0 Å². The average molecular weight is 382 g/mol. The first-order valence-electron chi connectivity index (χ1n) is 8.95. The van der Waals surface area contributed by atoms with Crippen LogP contribution in [0.4, 0.5) is 0 Å². The molecule has 0 aliphatic heterocycles. The van der Waals surface area contributed by atoms with Crippen molar-refractivity contribution in [1.29, 1.82) is 0 Å². The van der Waals surface area contributed by atoms with Gasteiger partial charge < -0.3 is 10.5 Å². The zero-order valence-corrected chi connectivity index (χ0v) is 17.0. The summed E-state index contributed by atoms with van der Waals surface area (Å²) >= 11 is 7.93. The molecule has 0 saturated heterocycles. The monoisotopic (exact) mass is 381 g/mol. The summed E-state index contributed by atoms with van der Waals surface area (Å²) in [6.07, 6.45) is 9.04. The average Bonchev–Trinajstić information content (AvgIpc) is 3.47. The summed E-state index contributed by atoms with van der Waals surface area (Å²) in [5.41, 5.74) is 7.42. The van der Waals surface area contributed by atoms with Gasteiger partial charge >= 0.3 is 0 Å². The highest BCUT2D eigenvalue weighted by atomic mass is 35.5. The van der Waals surface area contributed by atoms with Gasteiger partial charge in [0.2, 0.25) is 5.88 Å². The molecule has 2 unspecified atom stereocenters. The first-order chi connectivity index (χ1) is 12.1. The van der Waals surface area contributed by atoms with E-state index in [2.05, 4.69) is 23.1 Å². The molecule has 25 heavy (non-hydrogen) atoms. The van der Waals surface area contributed by atoms with Crippen LogP contribution >= 0.6 is 23.4 Å². The van der Waals surface area contributed by atoms with Crippen molar-refractivity contribution in [2.24, 2.45) is 11.7 Å². The fraction of sp³-hybridized carbons (Fsp3) is 0.579. The Bertz CT molecular complexity index is 694. The third-order valence-corrected chi connectivity index (χ3v) is 5.63. The van der Waals surface area contributed by atoms with Gasteiger partial charge in [-0.25, -0.2) is 9.97 Å². The van der Waals surface area contributed by atoms with E-state index in [0.29, 0.717) is 28.8 Å². The highest BCUT2D eigenvalue weighted by Gasteiger charge is 2.31. The lowest BCUT2D eigenvalue weighted by atomic mass is 10.00. The van der Waals surface area contributed by atoms with Gasteiger partial charge in [0.25, 0.3) is 0 Å². The molecule has 2 N–H and O–H groups in total. The summed E-state index contributed by atoms with van der Waals surface area (Å²) in [7, 11) is 0. The lowest BCUT2D eigenvalue weighted by molar-refractivity contribution is 0.303. The Hall–Kier alpha value is -1.04. The number of pyridine rings is 2. The quantitative estimate of drug-likeness (QED) is 0.664. The molecule has 1 fully saturated rings. The summed E-state index contributed by atoms with van der Waals surface area (Å²) in [6, 6.07) is 1.88. The van der Waals surface area contributed by atoms with Crippen LogP contribution in [0.5, 0.6) is 5.88 Å². The minimum atomic E-state index is 0.00836. The molecule has 0 bridgehead atoms. The Morgan fingerprint density at radius 3 is 2.64 bits per heavy atom. The van der Waals surface area contributed by atoms with Gasteiger partial charge in [0.05, 0.1) is 12.0 Å². The van der Waals surface area contributed by atoms with Gasteiger partial charge in [-0.1, -0.05) is 32.4 Å². The van der Waals surface area contributed by atoms with Gasteiger partial charge in [0, 0.05) is 23.7 Å². The molecule has 138 valence electrons. The predicted octanol–water partition coefficient (Wildman–Crippen LogP) is 5.24. The van der Waals surface area contributed by atoms with E-state index in [0.717, 1.165) is 22.8 Å². The van der Waals surface area contributed by atoms with Crippen molar-refractivity contribution in [2.75, 3.05) is 12.9 Å². The van der Waals surface area contributed by atoms with E-state index < -0.39 is 0 Å². The lowest BCUT2D eigenvalue weighted by Crippen LogP contribution is -2.14. The maximum atomic E-state index is 6.38. The molecule has 1 saturated carbocycles. The first kappa shape index (κ1) is 20.3. The van der Waals surface area contributed by atoms with E-state index in [-0.39, 0.29) is 6.04 Å². The smallest absolute Gasteiger partial charge is 0.222 e. The van der Waals surface area contributed by atoms with Crippen molar-refractivity contribution in [3.8, 4) is 5.88 Å². The number of ether oxygens (including phenoxy) is 1. The van der Waals surface area contributed by atoms with Crippen molar-refractivity contribution in [2.45, 2.75) is 51.3 Å². The number of hydrogen-bond acceptors (Lipinski definition) is 5. The topological polar surface area (TPSA) is 61.0 Å². The zero-order valence-electron chi connectivity index (χ0n) is 15.5. The molecule has 0 aromatic carbocycles. The van der Waals surface area contributed by atoms with Crippen molar-refractivity contribution in [1.82, 2.24) is 9.97 Å². The maximum Gasteiger partial charge on any atom is 0.222 e. The summed E-state index contributed by atoms with van der Waals surface area (Å²) < 4.78 is 5.89. The second kappa shape index (κ2) is 9.60. The van der Waals surface area contributed by atoms with Gasteiger partial charge in [-0.15, -0.1) is 0 Å². The molecule has 0 spiro atoms. The number of fused-ring (bicyclic) bond motifs is 1. The zero-order chi connectivity index (χ0) is 18.4. The Balaban J connectivity index is 0.00000109. The second-order valence-corrected chi connectivity index (χ2v) is 7.78. The second-order valence-electron chi connectivity index (χ2n) is 6.12. The molecule has 1 aliphatic carbocycles. The minimum Gasteiger partial charge on any atom is -0.477 e. The summed E-state index contributed by atoms with van der Waals surface area (Å²) in [4.78, 5) is 8.69. The van der Waals surface area contributed by atoms with E-state index in [1.165, 1.54) is 12.8 Å². The van der Waals surface area contributed by atoms with Crippen LogP contribution < -0.4 is 10.5 Å². The van der Waals surface area contributed by atoms with E-state index in [1.54, 1.807) is 6.20 Å². The number of aromatic nitrogens is 2. The van der Waals surface area contributed by atoms with Crippen LogP contribution in [0.25, 0.3) is 10.8 Å². The largest absolute Gasteiger partial charge is 0.477 e. The van der Waals surface area contributed by atoms with Crippen molar-refractivity contribution >= 4 is 34.1 Å². The molecule has 3 rings (SSSR count). The lowest BCUT2D eigenvalue weighted by Gasteiger charge is -2.16. The Morgan fingerprint density at radius 2 is 2.00 bits per heavy atom. The fourth-order valence-corrected chi connectivity index (χ4v) is 3.13. The number of nitrogens with zero attached hydrogens (tertiary/aromatic N) is 2. The minimum absolute atomic E-state index is 0.00836. The Morgan fingerprint density at radius 1 is 1.28 bits per heavy atom. The van der Waals surface area contributed by atoms with Gasteiger partial charge in [-0.2, -0.15) is 11.8 Å². The van der Waals surface area contributed by atoms with E-state index >= 15 is 0 Å². The highest BCUT2D eigenvalue weighted by Crippen LogP contribution is 2.42. The first-order valence-corrected chi connectivity index (χ1v) is 10.6. The number of nitrogens with two attached hydrogens (primary N) is 1. The predicted molar refractivity (Wildman–Crippen MR) is 109 cm³/mol. The van der Waals surface area contributed by atoms with Crippen LogP contribution in [0.3, 0.4) is 0 Å². The number of hydrogen-bond donors (Lipinski definition) is 1. The van der Waals surface area contributed by atoms with Crippen LogP contribution in [-0.4, -0.2) is 28.1 Å². The molecular formula is C19H28ClN3OS. The molecule has 1 aliphatic rings. The van der Waals surface area contributed by atoms with Crippen LogP contribution in [0.1, 0.15) is 51.6 Å². The Kier molecular flexibility index (Phi) is 7.79. The van der Waals surface area contributed by atoms with Crippen LogP contribution in [0.2, 0.25) is 5.15 Å². The third-order valence-electron chi connectivity index (χ3n) is 4.39. The molecule has 2 heterocycles. The summed E-state index contributed by atoms with van der Waals surface area (Å²) in [6.45, 7) is 6.83. The molecule has 2 atom stereocenters. The molecule has 0 amide bonds. The molecule has 6 heteroatoms. The summed E-state index contributed by atoms with van der Waals surface area (Å²) in [5, 5.41) is 2.93. The normalized spacial score (nSPS) is 16.1. The third kappa shape index (κ3) is 5.22. The van der Waals surface area contributed by atoms with Crippen LogP contribution in [0, 0.1) is 5.92 Å². The summed E-state index contributed by atoms with van der Waals surface area (Å²) in [5.74, 6) is 1.17. The highest BCUT2D eigenvalue weighted by molar-refractivity contribution is 7.99. The van der Waals surface area contributed by atoms with E-state index in [1.807, 2.05) is 37.9 Å². The number of rotatable bonds is 7. The fourth-order valence-electron chi connectivity index (χ4n) is 2.64. The molecule has 4 nitrogen and oxygen atoms in total. The standard InChI is InChI=1S/C17H22ClN3OS.C2H6/c1-10(23-2)5-6-22-17-14-9-20-15(18)7-12(14)13(8-21-17)16(19)11-3-4-11;1-2/h7-11,16H,3-6,19H2,1-2H3;1-2H3. The molecule has 0 radical (unpaired) electrons. The van der Waals surface area contributed by atoms with Gasteiger partial charge in [0.1, 0.15) is 5.15 Å². The van der Waals surface area contributed by atoms with Gasteiger partial charge in [0.15, 0.2) is 0 Å². The molecule has 2 aromatic rings. The van der Waals surface area contributed by atoms with Crippen molar-refractivity contribution < 1.29 is 4.74 Å². The van der Waals surface area contributed by atoms with Gasteiger partial charge in [-0.3, -0.25) is 0 Å². The van der Waals surface area contributed by atoms with Crippen LogP contribution in [0.15, 0.2) is 18.5 Å². The number of thioether (sulfide) groups is 1. The molecular weight excluding hydrogens is 354 g/mol. The number of halogens is 1. The van der Waals surface area contributed by atoms with E-state index in [4.69, 9.17) is 22.1 Å².